The number of likely N-dealkylation sites (N-methyl/N-ethyl adjacent to an activating group) is 1. The number of amides is 1. The van der Waals surface area contributed by atoms with E-state index in [1.54, 1.807) is 11.8 Å². The van der Waals surface area contributed by atoms with Crippen LogP contribution in [0.15, 0.2) is 33.7 Å². The zero-order chi connectivity index (χ0) is 17.8. The highest BCUT2D eigenvalue weighted by molar-refractivity contribution is 7.98. The Kier molecular flexibility index (Phi) is 5.81. The maximum absolute atomic E-state index is 13.0. The molecule has 1 aromatic carbocycles. The van der Waals surface area contributed by atoms with Gasteiger partial charge >= 0.3 is 0 Å². The lowest BCUT2D eigenvalue weighted by molar-refractivity contribution is 0.0640. The minimum atomic E-state index is 0.137. The summed E-state index contributed by atoms with van der Waals surface area (Å²) in [4.78, 5) is 18.3. The standard InChI is InChI=1S/C19H25N3O2S/c1-4-21-9-11-22(12-10-21)19(23)16-7-5-6-8-18(16)25-13-17-14(2)20-24-15(17)3/h5-8H,4,9-13H2,1-3H3. The van der Waals surface area contributed by atoms with Crippen molar-refractivity contribution in [1.29, 1.82) is 0 Å². The van der Waals surface area contributed by atoms with Crippen molar-refractivity contribution in [2.24, 2.45) is 0 Å². The van der Waals surface area contributed by atoms with Crippen LogP contribution < -0.4 is 0 Å². The molecule has 0 atom stereocenters. The summed E-state index contributed by atoms with van der Waals surface area (Å²) in [6.45, 7) is 10.6. The highest BCUT2D eigenvalue weighted by Crippen LogP contribution is 2.29. The van der Waals surface area contributed by atoms with Crippen molar-refractivity contribution in [2.45, 2.75) is 31.4 Å². The molecule has 2 heterocycles. The third kappa shape index (κ3) is 4.07. The molecule has 1 aliphatic rings. The van der Waals surface area contributed by atoms with Gasteiger partial charge in [-0.05, 0) is 32.5 Å². The summed E-state index contributed by atoms with van der Waals surface area (Å²) in [6.07, 6.45) is 0. The zero-order valence-electron chi connectivity index (χ0n) is 15.1. The third-order valence-corrected chi connectivity index (χ3v) is 5.88. The predicted octanol–water partition coefficient (Wildman–Crippen LogP) is 3.36. The molecule has 1 aliphatic heterocycles. The summed E-state index contributed by atoms with van der Waals surface area (Å²) < 4.78 is 5.23. The fourth-order valence-electron chi connectivity index (χ4n) is 3.06. The maximum Gasteiger partial charge on any atom is 0.255 e. The number of aryl methyl sites for hydroxylation is 2. The van der Waals surface area contributed by atoms with Crippen molar-refractivity contribution in [2.75, 3.05) is 32.7 Å². The Morgan fingerprint density at radius 2 is 1.92 bits per heavy atom. The molecule has 1 saturated heterocycles. The first-order valence-corrected chi connectivity index (χ1v) is 9.74. The minimum absolute atomic E-state index is 0.137. The molecule has 1 amide bonds. The van der Waals surface area contributed by atoms with Crippen molar-refractivity contribution in [3.63, 3.8) is 0 Å². The number of thioether (sulfide) groups is 1. The summed E-state index contributed by atoms with van der Waals surface area (Å²) in [5.41, 5.74) is 2.83. The van der Waals surface area contributed by atoms with Gasteiger partial charge in [0.05, 0.1) is 11.3 Å². The SMILES string of the molecule is CCN1CCN(C(=O)c2ccccc2SCc2c(C)noc2C)CC1. The molecule has 0 unspecified atom stereocenters. The lowest BCUT2D eigenvalue weighted by Crippen LogP contribution is -2.48. The van der Waals surface area contributed by atoms with Gasteiger partial charge in [-0.25, -0.2) is 0 Å². The van der Waals surface area contributed by atoms with Crippen LogP contribution in [-0.2, 0) is 5.75 Å². The molecule has 134 valence electrons. The summed E-state index contributed by atoms with van der Waals surface area (Å²) in [5.74, 6) is 1.75. The summed E-state index contributed by atoms with van der Waals surface area (Å²) in [5, 5.41) is 4.01. The van der Waals surface area contributed by atoms with Gasteiger partial charge in [0.15, 0.2) is 0 Å². The minimum Gasteiger partial charge on any atom is -0.361 e. The third-order valence-electron chi connectivity index (χ3n) is 4.78. The quantitative estimate of drug-likeness (QED) is 0.766. The second-order valence-electron chi connectivity index (χ2n) is 6.31. The van der Waals surface area contributed by atoms with E-state index < -0.39 is 0 Å². The molecule has 0 bridgehead atoms. The van der Waals surface area contributed by atoms with Crippen molar-refractivity contribution in [3.05, 3.63) is 46.8 Å². The Morgan fingerprint density at radius 3 is 2.56 bits per heavy atom. The van der Waals surface area contributed by atoms with Crippen LogP contribution >= 0.6 is 11.8 Å². The van der Waals surface area contributed by atoms with Crippen LogP contribution in [0.5, 0.6) is 0 Å². The second kappa shape index (κ2) is 8.06. The molecule has 6 heteroatoms. The van der Waals surface area contributed by atoms with Crippen molar-refractivity contribution in [3.8, 4) is 0 Å². The molecule has 1 aromatic heterocycles. The number of nitrogens with zero attached hydrogens (tertiary/aromatic N) is 3. The van der Waals surface area contributed by atoms with E-state index in [2.05, 4.69) is 17.0 Å². The first kappa shape index (κ1) is 18.0. The van der Waals surface area contributed by atoms with Crippen LogP contribution in [-0.4, -0.2) is 53.6 Å². The Bertz CT molecular complexity index is 717. The number of piperazine rings is 1. The lowest BCUT2D eigenvalue weighted by atomic mass is 10.2. The van der Waals surface area contributed by atoms with E-state index in [9.17, 15) is 4.79 Å². The van der Waals surface area contributed by atoms with E-state index in [1.165, 1.54) is 0 Å². The fourth-order valence-corrected chi connectivity index (χ4v) is 4.26. The molecule has 0 radical (unpaired) electrons. The Hall–Kier alpha value is -1.79. The number of hydrogen-bond acceptors (Lipinski definition) is 5. The van der Waals surface area contributed by atoms with Crippen LogP contribution in [0.2, 0.25) is 0 Å². The van der Waals surface area contributed by atoms with Crippen LogP contribution in [0, 0.1) is 13.8 Å². The van der Waals surface area contributed by atoms with Gasteiger partial charge in [-0.2, -0.15) is 0 Å². The van der Waals surface area contributed by atoms with Gasteiger partial charge in [0.25, 0.3) is 5.91 Å². The van der Waals surface area contributed by atoms with Crippen molar-refractivity contribution < 1.29 is 9.32 Å². The second-order valence-corrected chi connectivity index (χ2v) is 7.33. The van der Waals surface area contributed by atoms with Gasteiger partial charge in [0.1, 0.15) is 5.76 Å². The highest BCUT2D eigenvalue weighted by Gasteiger charge is 2.23. The molecular formula is C19H25N3O2S. The number of hydrogen-bond donors (Lipinski definition) is 0. The largest absolute Gasteiger partial charge is 0.361 e. The Morgan fingerprint density at radius 1 is 1.20 bits per heavy atom. The fraction of sp³-hybridized carbons (Fsp3) is 0.474. The smallest absolute Gasteiger partial charge is 0.255 e. The molecule has 0 aliphatic carbocycles. The number of carbonyl (C=O) groups is 1. The van der Waals surface area contributed by atoms with Crippen LogP contribution in [0.4, 0.5) is 0 Å². The Labute approximate surface area is 153 Å². The first-order chi connectivity index (χ1) is 12.1. The molecule has 1 fully saturated rings. The van der Waals surface area contributed by atoms with E-state index >= 15 is 0 Å². The molecule has 0 spiro atoms. The molecule has 0 N–H and O–H groups in total. The average Bonchev–Trinajstić information content (AvgIpc) is 2.97. The zero-order valence-corrected chi connectivity index (χ0v) is 15.9. The molecule has 5 nitrogen and oxygen atoms in total. The number of carbonyl (C=O) groups excluding carboxylic acids is 1. The summed E-state index contributed by atoms with van der Waals surface area (Å²) in [7, 11) is 0. The topological polar surface area (TPSA) is 49.6 Å². The van der Waals surface area contributed by atoms with Gasteiger partial charge in [-0.15, -0.1) is 11.8 Å². The first-order valence-electron chi connectivity index (χ1n) is 8.75. The van der Waals surface area contributed by atoms with Crippen molar-refractivity contribution >= 4 is 17.7 Å². The number of rotatable bonds is 5. The summed E-state index contributed by atoms with van der Waals surface area (Å²) in [6, 6.07) is 7.89. The Balaban J connectivity index is 1.71. The molecule has 2 aromatic rings. The average molecular weight is 359 g/mol. The lowest BCUT2D eigenvalue weighted by Gasteiger charge is -2.34. The monoisotopic (exact) mass is 359 g/mol. The normalized spacial score (nSPS) is 15.6. The molecule has 0 saturated carbocycles. The van der Waals surface area contributed by atoms with E-state index in [0.717, 1.165) is 66.0 Å². The van der Waals surface area contributed by atoms with Gasteiger partial charge < -0.3 is 14.3 Å². The summed E-state index contributed by atoms with van der Waals surface area (Å²) >= 11 is 1.67. The van der Waals surface area contributed by atoms with Crippen LogP contribution in [0.25, 0.3) is 0 Å². The van der Waals surface area contributed by atoms with Gasteiger partial charge in [0, 0.05) is 42.4 Å². The van der Waals surface area contributed by atoms with Gasteiger partial charge in [-0.3, -0.25) is 4.79 Å². The van der Waals surface area contributed by atoms with Crippen molar-refractivity contribution in [1.82, 2.24) is 15.0 Å². The number of aromatic nitrogens is 1. The highest BCUT2D eigenvalue weighted by atomic mass is 32.2. The number of benzene rings is 1. The van der Waals surface area contributed by atoms with E-state index in [1.807, 2.05) is 43.0 Å². The van der Waals surface area contributed by atoms with E-state index in [4.69, 9.17) is 4.52 Å². The van der Waals surface area contributed by atoms with Crippen LogP contribution in [0.1, 0.15) is 34.3 Å². The van der Waals surface area contributed by atoms with Gasteiger partial charge in [-0.1, -0.05) is 24.2 Å². The van der Waals surface area contributed by atoms with Gasteiger partial charge in [0.2, 0.25) is 0 Å². The molecule has 3 rings (SSSR count). The predicted molar refractivity (Wildman–Crippen MR) is 100.0 cm³/mol. The van der Waals surface area contributed by atoms with E-state index in [0.29, 0.717) is 0 Å². The van der Waals surface area contributed by atoms with Crippen LogP contribution in [0.3, 0.4) is 0 Å². The maximum atomic E-state index is 13.0. The molecule has 25 heavy (non-hydrogen) atoms. The molecular weight excluding hydrogens is 334 g/mol. The van der Waals surface area contributed by atoms with E-state index in [-0.39, 0.29) is 5.91 Å².